The Labute approximate surface area is 238 Å². The molecule has 4 aromatic rings. The number of hydrogen-bond donors (Lipinski definition) is 3. The quantitative estimate of drug-likeness (QED) is 0.323. The Morgan fingerprint density at radius 1 is 0.951 bits per heavy atom. The van der Waals surface area contributed by atoms with Crippen LogP contribution in [-0.2, 0) is 9.59 Å². The number of primary amides is 1. The van der Waals surface area contributed by atoms with Gasteiger partial charge in [-0.25, -0.2) is 4.79 Å². The number of nitrogens with two attached hydrogens (primary N) is 1. The van der Waals surface area contributed by atoms with Crippen molar-refractivity contribution in [2.45, 2.75) is 51.5 Å². The van der Waals surface area contributed by atoms with Crippen LogP contribution >= 0.6 is 0 Å². The molecule has 41 heavy (non-hydrogen) atoms. The molecule has 0 saturated carbocycles. The van der Waals surface area contributed by atoms with Gasteiger partial charge in [-0.05, 0) is 47.1 Å². The maximum absolute atomic E-state index is 14.4. The lowest BCUT2D eigenvalue weighted by atomic mass is 9.78. The number of aromatic amines is 1. The highest BCUT2D eigenvalue weighted by Gasteiger charge is 2.43. The minimum Gasteiger partial charge on any atom is -0.351 e. The fourth-order valence-electron chi connectivity index (χ4n) is 5.63. The fraction of sp³-hybridized carbons (Fsp3) is 0.323. The van der Waals surface area contributed by atoms with Gasteiger partial charge in [-0.1, -0.05) is 81.4 Å². The number of urea groups is 1. The third-order valence-electron chi connectivity index (χ3n) is 7.43. The van der Waals surface area contributed by atoms with Gasteiger partial charge in [0, 0.05) is 24.6 Å². The van der Waals surface area contributed by atoms with Gasteiger partial charge in [0.2, 0.25) is 5.91 Å². The highest BCUT2D eigenvalue weighted by atomic mass is 16.2. The lowest BCUT2D eigenvalue weighted by Crippen LogP contribution is -2.56. The summed E-state index contributed by atoms with van der Waals surface area (Å²) in [5, 5.41) is 12.2. The normalized spacial score (nSPS) is 19.5. The van der Waals surface area contributed by atoms with Crippen LogP contribution in [-0.4, -0.2) is 50.9 Å². The van der Waals surface area contributed by atoms with Crippen molar-refractivity contribution >= 4 is 34.6 Å². The van der Waals surface area contributed by atoms with Crippen LogP contribution in [0.4, 0.5) is 10.5 Å². The molecule has 5 rings (SSSR count). The van der Waals surface area contributed by atoms with Crippen LogP contribution in [0.1, 0.15) is 56.6 Å². The third-order valence-corrected chi connectivity index (χ3v) is 7.43. The topological polar surface area (TPSA) is 137 Å². The summed E-state index contributed by atoms with van der Waals surface area (Å²) in [5.41, 5.74) is 12.2. The maximum atomic E-state index is 14.4. The Bertz CT molecular complexity index is 1530. The largest absolute Gasteiger partial charge is 0.351 e. The zero-order valence-electron chi connectivity index (χ0n) is 23.4. The first-order valence-electron chi connectivity index (χ1n) is 13.7. The smallest absolute Gasteiger partial charge is 0.320 e. The Kier molecular flexibility index (Phi) is 7.74. The van der Waals surface area contributed by atoms with Gasteiger partial charge < -0.3 is 5.73 Å². The van der Waals surface area contributed by atoms with Gasteiger partial charge in [-0.3, -0.25) is 24.9 Å². The van der Waals surface area contributed by atoms with Gasteiger partial charge in [0.05, 0.1) is 0 Å². The molecule has 212 valence electrons. The number of carbonyl (C=O) groups excluding carboxylic acids is 3. The van der Waals surface area contributed by atoms with E-state index in [-0.39, 0.29) is 42.5 Å². The zero-order valence-corrected chi connectivity index (χ0v) is 23.4. The van der Waals surface area contributed by atoms with Crippen molar-refractivity contribution in [2.24, 2.45) is 11.1 Å². The molecule has 0 aliphatic carbocycles. The SMILES string of the molecule is CC(C)(C)CC(=O)NN1CC(c2ccccc2)C(c2ccccc2)CC(N(C(N)=O)c2ccc3n[nH]nc3c2)C1=O. The first-order valence-corrected chi connectivity index (χ1v) is 13.7. The molecule has 1 aliphatic heterocycles. The van der Waals surface area contributed by atoms with E-state index in [9.17, 15) is 14.4 Å². The summed E-state index contributed by atoms with van der Waals surface area (Å²) in [5.74, 6) is -1.03. The number of amides is 4. The number of aromatic nitrogens is 3. The molecule has 2 heterocycles. The number of nitrogens with zero attached hydrogens (tertiary/aromatic N) is 4. The molecule has 3 atom stereocenters. The highest BCUT2D eigenvalue weighted by Crippen LogP contribution is 2.41. The molecule has 3 aromatic carbocycles. The summed E-state index contributed by atoms with van der Waals surface area (Å²) in [6.45, 7) is 6.12. The predicted molar refractivity (Wildman–Crippen MR) is 157 cm³/mol. The molecule has 1 aromatic heterocycles. The number of benzene rings is 3. The second-order valence-electron chi connectivity index (χ2n) is 11.7. The summed E-state index contributed by atoms with van der Waals surface area (Å²) >= 11 is 0. The van der Waals surface area contributed by atoms with Gasteiger partial charge in [-0.15, -0.1) is 0 Å². The molecular weight excluding hydrogens is 518 g/mol. The zero-order chi connectivity index (χ0) is 29.1. The van der Waals surface area contributed by atoms with Crippen molar-refractivity contribution in [1.82, 2.24) is 25.8 Å². The average Bonchev–Trinajstić information content (AvgIpc) is 3.36. The van der Waals surface area contributed by atoms with Gasteiger partial charge in [0.1, 0.15) is 17.1 Å². The molecular formula is C31H35N7O3. The van der Waals surface area contributed by atoms with Crippen molar-refractivity contribution in [3.63, 3.8) is 0 Å². The standard InChI is InChI=1S/C31H35N7O3/c1-31(2,3)18-28(39)35-37-19-24(21-12-8-5-9-13-21)23(20-10-6-4-7-11-20)17-27(29(37)40)38(30(32)41)22-14-15-25-26(16-22)34-36-33-25/h4-16,23-24,27H,17-19H2,1-3H3,(H2,32,41)(H,35,39)(H,33,34,36). The Morgan fingerprint density at radius 2 is 1.56 bits per heavy atom. The molecule has 1 fully saturated rings. The van der Waals surface area contributed by atoms with E-state index in [0.29, 0.717) is 16.7 Å². The van der Waals surface area contributed by atoms with Gasteiger partial charge >= 0.3 is 6.03 Å². The highest BCUT2D eigenvalue weighted by molar-refractivity contribution is 6.01. The number of hydrogen-bond acceptors (Lipinski definition) is 5. The second kappa shape index (κ2) is 11.4. The second-order valence-corrected chi connectivity index (χ2v) is 11.7. The Hall–Kier alpha value is -4.73. The van der Waals surface area contributed by atoms with E-state index >= 15 is 0 Å². The van der Waals surface area contributed by atoms with Crippen LogP contribution in [0.3, 0.4) is 0 Å². The lowest BCUT2D eigenvalue weighted by Gasteiger charge is -2.32. The number of hydrazine groups is 1. The summed E-state index contributed by atoms with van der Waals surface area (Å²) in [6, 6.07) is 23.2. The number of rotatable bonds is 6. The van der Waals surface area contributed by atoms with Crippen LogP contribution in [0.15, 0.2) is 78.9 Å². The van der Waals surface area contributed by atoms with Crippen LogP contribution in [0.2, 0.25) is 0 Å². The van der Waals surface area contributed by atoms with E-state index in [0.717, 1.165) is 11.1 Å². The number of fused-ring (bicyclic) bond motifs is 1. The van der Waals surface area contributed by atoms with Crippen molar-refractivity contribution < 1.29 is 14.4 Å². The molecule has 0 radical (unpaired) electrons. The van der Waals surface area contributed by atoms with E-state index in [1.165, 1.54) is 9.91 Å². The molecule has 3 unspecified atom stereocenters. The summed E-state index contributed by atoms with van der Waals surface area (Å²) in [4.78, 5) is 41.9. The van der Waals surface area contributed by atoms with Crippen LogP contribution in [0.25, 0.3) is 11.0 Å². The van der Waals surface area contributed by atoms with E-state index in [2.05, 4.69) is 20.8 Å². The monoisotopic (exact) mass is 553 g/mol. The lowest BCUT2D eigenvalue weighted by molar-refractivity contribution is -0.142. The van der Waals surface area contributed by atoms with Crippen molar-refractivity contribution in [3.8, 4) is 0 Å². The average molecular weight is 554 g/mol. The molecule has 4 N–H and O–H groups in total. The third kappa shape index (κ3) is 6.21. The molecule has 4 amide bonds. The maximum Gasteiger partial charge on any atom is 0.320 e. The first kappa shape index (κ1) is 27.8. The van der Waals surface area contributed by atoms with Crippen molar-refractivity contribution in [1.29, 1.82) is 0 Å². The molecule has 0 spiro atoms. The number of H-pyrrole nitrogens is 1. The predicted octanol–water partition coefficient (Wildman–Crippen LogP) is 4.48. The summed E-state index contributed by atoms with van der Waals surface area (Å²) in [7, 11) is 0. The number of carbonyl (C=O) groups is 3. The molecule has 10 nitrogen and oxygen atoms in total. The van der Waals surface area contributed by atoms with E-state index in [1.54, 1.807) is 18.2 Å². The minimum absolute atomic E-state index is 0.171. The van der Waals surface area contributed by atoms with Gasteiger partial charge in [0.15, 0.2) is 0 Å². The summed E-state index contributed by atoms with van der Waals surface area (Å²) in [6.07, 6.45) is 0.510. The van der Waals surface area contributed by atoms with Crippen LogP contribution in [0.5, 0.6) is 0 Å². The van der Waals surface area contributed by atoms with E-state index in [1.807, 2.05) is 81.4 Å². The fourth-order valence-corrected chi connectivity index (χ4v) is 5.63. The number of nitrogens with one attached hydrogen (secondary N) is 2. The Morgan fingerprint density at radius 3 is 2.17 bits per heavy atom. The molecule has 0 bridgehead atoms. The molecule has 10 heteroatoms. The van der Waals surface area contributed by atoms with Crippen molar-refractivity contribution in [3.05, 3.63) is 90.0 Å². The minimum atomic E-state index is -0.995. The van der Waals surface area contributed by atoms with Crippen LogP contribution < -0.4 is 16.1 Å². The first-order chi connectivity index (χ1) is 19.6. The summed E-state index contributed by atoms with van der Waals surface area (Å²) < 4.78 is 0. The van der Waals surface area contributed by atoms with E-state index in [4.69, 9.17) is 5.73 Å². The molecule has 1 aliphatic rings. The Balaban J connectivity index is 1.62. The van der Waals surface area contributed by atoms with Gasteiger partial charge in [-0.2, -0.15) is 15.4 Å². The van der Waals surface area contributed by atoms with Crippen LogP contribution in [0, 0.1) is 5.41 Å². The molecule has 1 saturated heterocycles. The van der Waals surface area contributed by atoms with Crippen molar-refractivity contribution in [2.75, 3.05) is 11.4 Å². The van der Waals surface area contributed by atoms with E-state index < -0.39 is 18.0 Å². The van der Waals surface area contributed by atoms with Gasteiger partial charge in [0.25, 0.3) is 5.91 Å². The number of anilines is 1.